The normalized spacial score (nSPS) is 15.3. The molecule has 0 aliphatic carbocycles. The maximum atomic E-state index is 12.2. The fourth-order valence-electron chi connectivity index (χ4n) is 3.55. The van der Waals surface area contributed by atoms with Gasteiger partial charge in [0.1, 0.15) is 11.9 Å². The average Bonchev–Trinajstić information content (AvgIpc) is 2.68. The van der Waals surface area contributed by atoms with E-state index in [1.807, 2.05) is 26.0 Å². The molecule has 1 aromatic carbocycles. The zero-order valence-corrected chi connectivity index (χ0v) is 16.0. The summed E-state index contributed by atoms with van der Waals surface area (Å²) in [5.41, 5.74) is 3.78. The SMILES string of the molecule is Cc1ccc(OC2CCN(c3nn4c(=O)ccnc4c(C)c3C)CC2)cc1. The van der Waals surface area contributed by atoms with Crippen LogP contribution >= 0.6 is 0 Å². The number of aromatic nitrogens is 3. The second kappa shape index (κ2) is 7.02. The van der Waals surface area contributed by atoms with Crippen molar-refractivity contribution in [2.45, 2.75) is 39.7 Å². The van der Waals surface area contributed by atoms with Gasteiger partial charge in [0, 0.05) is 49.3 Å². The van der Waals surface area contributed by atoms with Gasteiger partial charge >= 0.3 is 0 Å². The molecular formula is C21H24N4O2. The number of aryl methyl sites for hydroxylation is 2. The van der Waals surface area contributed by atoms with Crippen molar-refractivity contribution >= 4 is 11.5 Å². The number of fused-ring (bicyclic) bond motifs is 1. The topological polar surface area (TPSA) is 59.7 Å². The molecule has 0 bridgehead atoms. The van der Waals surface area contributed by atoms with E-state index in [2.05, 4.69) is 34.0 Å². The number of hydrogen-bond acceptors (Lipinski definition) is 5. The summed E-state index contributed by atoms with van der Waals surface area (Å²) in [5, 5.41) is 4.60. The summed E-state index contributed by atoms with van der Waals surface area (Å²) < 4.78 is 7.53. The first-order chi connectivity index (χ1) is 13.0. The van der Waals surface area contributed by atoms with E-state index in [-0.39, 0.29) is 11.7 Å². The molecule has 0 amide bonds. The molecule has 0 unspecified atom stereocenters. The molecule has 1 saturated heterocycles. The first-order valence-corrected chi connectivity index (χ1v) is 9.36. The lowest BCUT2D eigenvalue weighted by Gasteiger charge is -2.34. The molecule has 3 heterocycles. The van der Waals surface area contributed by atoms with Crippen molar-refractivity contribution in [1.82, 2.24) is 14.6 Å². The third-order valence-corrected chi connectivity index (χ3v) is 5.32. The molecule has 4 rings (SSSR count). The highest BCUT2D eigenvalue weighted by Crippen LogP contribution is 2.26. The van der Waals surface area contributed by atoms with Crippen molar-refractivity contribution in [2.75, 3.05) is 18.0 Å². The lowest BCUT2D eigenvalue weighted by atomic mass is 10.1. The fourth-order valence-corrected chi connectivity index (χ4v) is 3.55. The van der Waals surface area contributed by atoms with E-state index in [0.29, 0.717) is 5.65 Å². The fraction of sp³-hybridized carbons (Fsp3) is 0.381. The van der Waals surface area contributed by atoms with Gasteiger partial charge in [0.25, 0.3) is 5.56 Å². The Labute approximate surface area is 158 Å². The maximum absolute atomic E-state index is 12.2. The van der Waals surface area contributed by atoms with E-state index in [4.69, 9.17) is 4.74 Å². The van der Waals surface area contributed by atoms with Crippen molar-refractivity contribution in [3.63, 3.8) is 0 Å². The minimum absolute atomic E-state index is 0.151. The molecule has 0 saturated carbocycles. The summed E-state index contributed by atoms with van der Waals surface area (Å²) >= 11 is 0. The standard InChI is InChI=1S/C21H24N4O2/c1-14-4-6-17(7-5-14)27-18-9-12-24(13-10-18)21-16(3)15(2)20-22-11-8-19(26)25(20)23-21/h4-8,11,18H,9-10,12-13H2,1-3H3. The van der Waals surface area contributed by atoms with E-state index < -0.39 is 0 Å². The van der Waals surface area contributed by atoms with Gasteiger partial charge in [-0.25, -0.2) is 4.98 Å². The zero-order chi connectivity index (χ0) is 19.0. The van der Waals surface area contributed by atoms with Crippen LogP contribution < -0.4 is 15.2 Å². The smallest absolute Gasteiger partial charge is 0.274 e. The first-order valence-electron chi connectivity index (χ1n) is 9.36. The number of benzene rings is 1. The van der Waals surface area contributed by atoms with Gasteiger partial charge in [-0.05, 0) is 32.9 Å². The lowest BCUT2D eigenvalue weighted by Crippen LogP contribution is -2.39. The maximum Gasteiger partial charge on any atom is 0.274 e. The number of nitrogens with zero attached hydrogens (tertiary/aromatic N) is 4. The van der Waals surface area contributed by atoms with Gasteiger partial charge in [-0.3, -0.25) is 4.79 Å². The van der Waals surface area contributed by atoms with Crippen molar-refractivity contribution in [3.8, 4) is 5.75 Å². The van der Waals surface area contributed by atoms with Gasteiger partial charge in [-0.1, -0.05) is 17.7 Å². The van der Waals surface area contributed by atoms with Crippen LogP contribution in [-0.2, 0) is 0 Å². The molecule has 6 nitrogen and oxygen atoms in total. The van der Waals surface area contributed by atoms with E-state index in [1.54, 1.807) is 6.20 Å². The third-order valence-electron chi connectivity index (χ3n) is 5.32. The summed E-state index contributed by atoms with van der Waals surface area (Å²) in [5.74, 6) is 1.79. The van der Waals surface area contributed by atoms with E-state index in [9.17, 15) is 4.79 Å². The van der Waals surface area contributed by atoms with Crippen molar-refractivity contribution in [3.05, 3.63) is 63.6 Å². The molecule has 140 valence electrons. The van der Waals surface area contributed by atoms with Gasteiger partial charge in [-0.2, -0.15) is 4.52 Å². The van der Waals surface area contributed by atoms with Crippen LogP contribution in [0.3, 0.4) is 0 Å². The minimum Gasteiger partial charge on any atom is -0.490 e. The predicted molar refractivity (Wildman–Crippen MR) is 106 cm³/mol. The average molecular weight is 364 g/mol. The Morgan fingerprint density at radius 1 is 1.00 bits per heavy atom. The second-order valence-corrected chi connectivity index (χ2v) is 7.21. The van der Waals surface area contributed by atoms with Crippen molar-refractivity contribution < 1.29 is 4.74 Å². The second-order valence-electron chi connectivity index (χ2n) is 7.21. The van der Waals surface area contributed by atoms with Crippen LogP contribution in [0, 0.1) is 20.8 Å². The highest BCUT2D eigenvalue weighted by atomic mass is 16.5. The van der Waals surface area contributed by atoms with Crippen LogP contribution in [0.2, 0.25) is 0 Å². The molecule has 0 atom stereocenters. The molecule has 3 aromatic rings. The highest BCUT2D eigenvalue weighted by molar-refractivity contribution is 5.59. The Bertz CT molecular complexity index is 1020. The Morgan fingerprint density at radius 3 is 2.41 bits per heavy atom. The van der Waals surface area contributed by atoms with E-state index in [1.165, 1.54) is 16.1 Å². The van der Waals surface area contributed by atoms with Crippen LogP contribution in [0.25, 0.3) is 5.65 Å². The zero-order valence-electron chi connectivity index (χ0n) is 16.0. The largest absolute Gasteiger partial charge is 0.490 e. The van der Waals surface area contributed by atoms with Gasteiger partial charge in [0.15, 0.2) is 11.5 Å². The number of anilines is 1. The Kier molecular flexibility index (Phi) is 4.56. The predicted octanol–water partition coefficient (Wildman–Crippen LogP) is 3.06. The number of rotatable bonds is 3. The highest BCUT2D eigenvalue weighted by Gasteiger charge is 2.24. The van der Waals surface area contributed by atoms with Gasteiger partial charge in [0.2, 0.25) is 0 Å². The molecule has 2 aromatic heterocycles. The van der Waals surface area contributed by atoms with E-state index >= 15 is 0 Å². The van der Waals surface area contributed by atoms with Crippen LogP contribution in [0.4, 0.5) is 5.82 Å². The third kappa shape index (κ3) is 3.39. The minimum atomic E-state index is -0.151. The summed E-state index contributed by atoms with van der Waals surface area (Å²) in [4.78, 5) is 18.7. The Hall–Kier alpha value is -2.89. The summed E-state index contributed by atoms with van der Waals surface area (Å²) in [6.07, 6.45) is 3.59. The van der Waals surface area contributed by atoms with Gasteiger partial charge in [-0.15, -0.1) is 5.10 Å². The molecule has 0 N–H and O–H groups in total. The summed E-state index contributed by atoms with van der Waals surface area (Å²) in [6.45, 7) is 7.82. The molecular weight excluding hydrogens is 340 g/mol. The van der Waals surface area contributed by atoms with Gasteiger partial charge in [0.05, 0.1) is 0 Å². The summed E-state index contributed by atoms with van der Waals surface area (Å²) in [7, 11) is 0. The molecule has 1 aliphatic rings. The van der Waals surface area contributed by atoms with Crippen molar-refractivity contribution in [2.24, 2.45) is 0 Å². The molecule has 1 fully saturated rings. The number of piperidine rings is 1. The quantitative estimate of drug-likeness (QED) is 0.715. The molecule has 0 spiro atoms. The number of hydrogen-bond donors (Lipinski definition) is 0. The van der Waals surface area contributed by atoms with Crippen molar-refractivity contribution in [1.29, 1.82) is 0 Å². The monoisotopic (exact) mass is 364 g/mol. The van der Waals surface area contributed by atoms with Crippen LogP contribution in [0.5, 0.6) is 5.75 Å². The van der Waals surface area contributed by atoms with Crippen LogP contribution in [-0.4, -0.2) is 33.8 Å². The van der Waals surface area contributed by atoms with E-state index in [0.717, 1.165) is 48.6 Å². The summed E-state index contributed by atoms with van der Waals surface area (Å²) in [6, 6.07) is 9.64. The number of ether oxygens (including phenoxy) is 1. The molecule has 27 heavy (non-hydrogen) atoms. The van der Waals surface area contributed by atoms with Crippen LogP contribution in [0.1, 0.15) is 29.5 Å². The Balaban J connectivity index is 1.52. The molecule has 0 radical (unpaired) electrons. The first kappa shape index (κ1) is 17.5. The Morgan fingerprint density at radius 2 is 1.70 bits per heavy atom. The van der Waals surface area contributed by atoms with Gasteiger partial charge < -0.3 is 9.64 Å². The molecule has 6 heteroatoms. The van der Waals surface area contributed by atoms with Crippen LogP contribution in [0.15, 0.2) is 41.3 Å². The molecule has 1 aliphatic heterocycles. The lowest BCUT2D eigenvalue weighted by molar-refractivity contribution is 0.170.